The van der Waals surface area contributed by atoms with Crippen LogP contribution in [0.4, 0.5) is 0 Å². The van der Waals surface area contributed by atoms with E-state index in [1.807, 2.05) is 30.3 Å². The van der Waals surface area contributed by atoms with Crippen LogP contribution in [0.1, 0.15) is 40.9 Å². The standard InChI is InChI=1S/C20H20O5/c1-12(11-21)7-8-14-15(22)9-16(23)19-17(24)10-18(25-20(14)19)13-5-3-2-4-6-13/h2-7,9,18,21-23H,8,10-11H2,1H3/b12-7+. The fourth-order valence-electron chi connectivity index (χ4n) is 2.92. The lowest BCUT2D eigenvalue weighted by atomic mass is 9.92. The largest absolute Gasteiger partial charge is 0.507 e. The Hall–Kier alpha value is -2.79. The first-order chi connectivity index (χ1) is 12.0. The van der Waals surface area contributed by atoms with E-state index in [0.29, 0.717) is 5.56 Å². The van der Waals surface area contributed by atoms with Crippen molar-refractivity contribution in [1.29, 1.82) is 0 Å². The minimum absolute atomic E-state index is 0.0898. The van der Waals surface area contributed by atoms with E-state index in [2.05, 4.69) is 0 Å². The van der Waals surface area contributed by atoms with Gasteiger partial charge in [0, 0.05) is 11.6 Å². The molecule has 1 heterocycles. The number of phenols is 2. The number of carbonyl (C=O) groups is 1. The molecule has 5 heteroatoms. The monoisotopic (exact) mass is 340 g/mol. The molecule has 2 aromatic rings. The molecule has 0 fully saturated rings. The van der Waals surface area contributed by atoms with Gasteiger partial charge in [0.15, 0.2) is 5.78 Å². The highest BCUT2D eigenvalue weighted by Gasteiger charge is 2.33. The van der Waals surface area contributed by atoms with Gasteiger partial charge in [0.1, 0.15) is 28.9 Å². The molecule has 130 valence electrons. The highest BCUT2D eigenvalue weighted by Crippen LogP contribution is 2.45. The third kappa shape index (κ3) is 3.37. The highest BCUT2D eigenvalue weighted by molar-refractivity contribution is 6.03. The molecule has 0 bridgehead atoms. The zero-order valence-corrected chi connectivity index (χ0v) is 13.9. The predicted molar refractivity (Wildman–Crippen MR) is 93.1 cm³/mol. The Kier molecular flexibility index (Phi) is 4.76. The van der Waals surface area contributed by atoms with Gasteiger partial charge in [-0.25, -0.2) is 0 Å². The van der Waals surface area contributed by atoms with E-state index >= 15 is 0 Å². The lowest BCUT2D eigenvalue weighted by Gasteiger charge is -2.28. The van der Waals surface area contributed by atoms with Crippen LogP contribution in [0.25, 0.3) is 0 Å². The number of fused-ring (bicyclic) bond motifs is 1. The van der Waals surface area contributed by atoms with Crippen molar-refractivity contribution in [2.75, 3.05) is 6.61 Å². The number of ether oxygens (including phenoxy) is 1. The number of aliphatic hydroxyl groups is 1. The molecular weight excluding hydrogens is 320 g/mol. The highest BCUT2D eigenvalue weighted by atomic mass is 16.5. The van der Waals surface area contributed by atoms with E-state index in [1.165, 1.54) is 6.07 Å². The van der Waals surface area contributed by atoms with Gasteiger partial charge in [-0.2, -0.15) is 0 Å². The Morgan fingerprint density at radius 1 is 1.24 bits per heavy atom. The molecule has 0 saturated carbocycles. The predicted octanol–water partition coefficient (Wildman–Crippen LogP) is 3.29. The van der Waals surface area contributed by atoms with Gasteiger partial charge < -0.3 is 20.1 Å². The van der Waals surface area contributed by atoms with E-state index in [-0.39, 0.29) is 48.0 Å². The Balaban J connectivity index is 2.06. The number of benzene rings is 2. The number of allylic oxidation sites excluding steroid dienone is 1. The van der Waals surface area contributed by atoms with Crippen molar-refractivity contribution in [3.05, 3.63) is 64.7 Å². The Labute approximate surface area is 145 Å². The number of aromatic hydroxyl groups is 2. The van der Waals surface area contributed by atoms with E-state index in [9.17, 15) is 15.0 Å². The number of hydrogen-bond acceptors (Lipinski definition) is 5. The quantitative estimate of drug-likeness (QED) is 0.744. The summed E-state index contributed by atoms with van der Waals surface area (Å²) in [5.41, 5.74) is 2.13. The zero-order chi connectivity index (χ0) is 18.0. The molecular formula is C20H20O5. The molecule has 5 nitrogen and oxygen atoms in total. The number of phenolic OH excluding ortho intramolecular Hbond substituents is 2. The summed E-state index contributed by atoms with van der Waals surface area (Å²) in [6.07, 6.45) is 1.70. The third-order valence-electron chi connectivity index (χ3n) is 4.33. The smallest absolute Gasteiger partial charge is 0.174 e. The van der Waals surface area contributed by atoms with Gasteiger partial charge in [-0.15, -0.1) is 0 Å². The van der Waals surface area contributed by atoms with Gasteiger partial charge in [-0.3, -0.25) is 4.79 Å². The number of hydrogen-bond donors (Lipinski definition) is 3. The SMILES string of the molecule is C/C(=C\Cc1c(O)cc(O)c2c1OC(c1ccccc1)CC2=O)CO. The van der Waals surface area contributed by atoms with Crippen LogP contribution in [-0.4, -0.2) is 27.7 Å². The number of carbonyl (C=O) groups excluding carboxylic acids is 1. The number of ketones is 1. The Morgan fingerprint density at radius 2 is 1.96 bits per heavy atom. The van der Waals surface area contributed by atoms with Gasteiger partial charge in [0.2, 0.25) is 0 Å². The second-order valence-electron chi connectivity index (χ2n) is 6.15. The first-order valence-corrected chi connectivity index (χ1v) is 8.10. The molecule has 3 N–H and O–H groups in total. The van der Waals surface area contributed by atoms with Gasteiger partial charge in [-0.1, -0.05) is 42.0 Å². The summed E-state index contributed by atoms with van der Waals surface area (Å²) in [7, 11) is 0. The van der Waals surface area contributed by atoms with Crippen molar-refractivity contribution in [1.82, 2.24) is 0 Å². The van der Waals surface area contributed by atoms with Gasteiger partial charge in [0.05, 0.1) is 13.0 Å². The van der Waals surface area contributed by atoms with Crippen molar-refractivity contribution in [2.45, 2.75) is 25.9 Å². The van der Waals surface area contributed by atoms with Crippen LogP contribution >= 0.6 is 0 Å². The van der Waals surface area contributed by atoms with Crippen LogP contribution in [0, 0.1) is 0 Å². The fraction of sp³-hybridized carbons (Fsp3) is 0.250. The number of aliphatic hydroxyl groups excluding tert-OH is 1. The molecule has 25 heavy (non-hydrogen) atoms. The summed E-state index contributed by atoms with van der Waals surface area (Å²) < 4.78 is 6.01. The normalized spacial score (nSPS) is 17.1. The van der Waals surface area contributed by atoms with E-state index < -0.39 is 6.10 Å². The zero-order valence-electron chi connectivity index (χ0n) is 13.9. The summed E-state index contributed by atoms with van der Waals surface area (Å²) in [5, 5.41) is 29.5. The van der Waals surface area contributed by atoms with Crippen molar-refractivity contribution in [2.24, 2.45) is 0 Å². The summed E-state index contributed by atoms with van der Waals surface area (Å²) in [6, 6.07) is 10.5. The topological polar surface area (TPSA) is 87.0 Å². The molecule has 0 aliphatic carbocycles. The van der Waals surface area contributed by atoms with E-state index in [0.717, 1.165) is 11.1 Å². The second-order valence-corrected chi connectivity index (χ2v) is 6.15. The van der Waals surface area contributed by atoms with Crippen molar-refractivity contribution < 1.29 is 24.9 Å². The minimum atomic E-state index is -0.468. The lowest BCUT2D eigenvalue weighted by molar-refractivity contribution is 0.0842. The summed E-state index contributed by atoms with van der Waals surface area (Å²) in [5.74, 6) is -0.434. The fourth-order valence-corrected chi connectivity index (χ4v) is 2.92. The Bertz CT molecular complexity index is 824. The maximum absolute atomic E-state index is 12.6. The van der Waals surface area contributed by atoms with E-state index in [1.54, 1.807) is 13.0 Å². The van der Waals surface area contributed by atoms with Crippen LogP contribution in [-0.2, 0) is 6.42 Å². The maximum atomic E-state index is 12.6. The van der Waals surface area contributed by atoms with Crippen molar-refractivity contribution >= 4 is 5.78 Å². The molecule has 1 atom stereocenters. The first kappa shape index (κ1) is 17.0. The van der Waals surface area contributed by atoms with Crippen LogP contribution in [0.15, 0.2) is 48.0 Å². The molecule has 2 aromatic carbocycles. The van der Waals surface area contributed by atoms with Gasteiger partial charge in [-0.05, 0) is 18.9 Å². The number of rotatable bonds is 4. The van der Waals surface area contributed by atoms with Gasteiger partial charge >= 0.3 is 0 Å². The van der Waals surface area contributed by atoms with Crippen LogP contribution in [0.5, 0.6) is 17.2 Å². The molecule has 1 aliphatic heterocycles. The molecule has 0 amide bonds. The molecule has 0 spiro atoms. The average molecular weight is 340 g/mol. The average Bonchev–Trinajstić information content (AvgIpc) is 2.61. The van der Waals surface area contributed by atoms with Crippen molar-refractivity contribution in [3.63, 3.8) is 0 Å². The minimum Gasteiger partial charge on any atom is -0.507 e. The van der Waals surface area contributed by atoms with Crippen LogP contribution < -0.4 is 4.74 Å². The maximum Gasteiger partial charge on any atom is 0.174 e. The van der Waals surface area contributed by atoms with E-state index in [4.69, 9.17) is 9.84 Å². The summed E-state index contributed by atoms with van der Waals surface area (Å²) >= 11 is 0. The second kappa shape index (κ2) is 6.99. The molecule has 1 aliphatic rings. The molecule has 1 unspecified atom stereocenters. The summed E-state index contributed by atoms with van der Waals surface area (Å²) in [6.45, 7) is 1.68. The molecule has 0 aromatic heterocycles. The van der Waals surface area contributed by atoms with Crippen LogP contribution in [0.3, 0.4) is 0 Å². The molecule has 0 saturated heterocycles. The Morgan fingerprint density at radius 3 is 2.64 bits per heavy atom. The lowest BCUT2D eigenvalue weighted by Crippen LogP contribution is -2.21. The molecule has 0 radical (unpaired) electrons. The van der Waals surface area contributed by atoms with Crippen LogP contribution in [0.2, 0.25) is 0 Å². The first-order valence-electron chi connectivity index (χ1n) is 8.10. The van der Waals surface area contributed by atoms with Crippen molar-refractivity contribution in [3.8, 4) is 17.2 Å². The third-order valence-corrected chi connectivity index (χ3v) is 4.33. The van der Waals surface area contributed by atoms with Gasteiger partial charge in [0.25, 0.3) is 0 Å². The number of Topliss-reactive ketones (excluding diaryl/α,β-unsaturated/α-hetero) is 1. The molecule has 3 rings (SSSR count). The summed E-state index contributed by atoms with van der Waals surface area (Å²) in [4.78, 5) is 12.6.